The average Bonchev–Trinajstić information content (AvgIpc) is 2.93. The third-order valence-electron chi connectivity index (χ3n) is 5.36. The first-order valence-electron chi connectivity index (χ1n) is 9.61. The molecule has 2 aromatic rings. The average molecular weight is 429 g/mol. The smallest absolute Gasteiger partial charge is 0.295 e. The number of Topliss-reactive ketones (excluding diaryl/α,β-unsaturated/α-hetero) is 1. The van der Waals surface area contributed by atoms with Gasteiger partial charge in [0.1, 0.15) is 11.5 Å². The monoisotopic (exact) mass is 428 g/mol. The first kappa shape index (κ1) is 21.9. The van der Waals surface area contributed by atoms with Gasteiger partial charge >= 0.3 is 0 Å². The van der Waals surface area contributed by atoms with E-state index in [9.17, 15) is 19.8 Å². The number of phenolic OH excluding ortho intramolecular Hbond substituents is 1. The minimum Gasteiger partial charge on any atom is -0.507 e. The number of nitrogens with zero attached hydrogens (tertiary/aromatic N) is 2. The number of amides is 1. The summed E-state index contributed by atoms with van der Waals surface area (Å²) in [5.41, 5.74) is 2.37. The lowest BCUT2D eigenvalue weighted by Gasteiger charge is -2.26. The van der Waals surface area contributed by atoms with Crippen LogP contribution in [0.15, 0.2) is 42.0 Å². The number of rotatable bonds is 5. The van der Waals surface area contributed by atoms with Crippen LogP contribution in [-0.2, 0) is 9.59 Å². The number of carbonyl (C=O) groups excluding carboxylic acids is 2. The number of carbonyl (C=O) groups is 2. The molecule has 1 aliphatic heterocycles. The van der Waals surface area contributed by atoms with Crippen molar-refractivity contribution in [2.75, 3.05) is 27.2 Å². The molecular formula is C23H25ClN2O4. The third kappa shape index (κ3) is 4.06. The maximum atomic E-state index is 13.0. The number of likely N-dealkylation sites (tertiary alicyclic amines) is 1. The van der Waals surface area contributed by atoms with Gasteiger partial charge in [-0.25, -0.2) is 0 Å². The first-order chi connectivity index (χ1) is 14.1. The van der Waals surface area contributed by atoms with E-state index in [0.29, 0.717) is 23.7 Å². The van der Waals surface area contributed by atoms with Crippen LogP contribution in [0.25, 0.3) is 5.76 Å². The van der Waals surface area contributed by atoms with Crippen molar-refractivity contribution in [3.05, 3.63) is 69.2 Å². The molecule has 30 heavy (non-hydrogen) atoms. The van der Waals surface area contributed by atoms with Crippen molar-refractivity contribution in [2.24, 2.45) is 0 Å². The molecule has 1 heterocycles. The predicted octanol–water partition coefficient (Wildman–Crippen LogP) is 3.65. The molecule has 0 aliphatic carbocycles. The molecule has 6 nitrogen and oxygen atoms in total. The van der Waals surface area contributed by atoms with Crippen molar-refractivity contribution >= 4 is 29.1 Å². The van der Waals surface area contributed by atoms with Crippen LogP contribution in [0, 0.1) is 13.8 Å². The minimum absolute atomic E-state index is 0.0559. The maximum Gasteiger partial charge on any atom is 0.295 e. The lowest BCUT2D eigenvalue weighted by atomic mass is 9.94. The highest BCUT2D eigenvalue weighted by molar-refractivity contribution is 6.46. The number of likely N-dealkylation sites (N-methyl/N-ethyl adjacent to an activating group) is 1. The number of hydrogen-bond acceptors (Lipinski definition) is 5. The van der Waals surface area contributed by atoms with E-state index in [0.717, 1.165) is 11.1 Å². The van der Waals surface area contributed by atoms with Gasteiger partial charge in [-0.05, 0) is 68.9 Å². The van der Waals surface area contributed by atoms with Crippen molar-refractivity contribution < 1.29 is 19.8 Å². The summed E-state index contributed by atoms with van der Waals surface area (Å²) in [4.78, 5) is 29.2. The Labute approximate surface area is 181 Å². The van der Waals surface area contributed by atoms with Gasteiger partial charge in [-0.3, -0.25) is 9.59 Å². The number of benzene rings is 2. The summed E-state index contributed by atoms with van der Waals surface area (Å²) in [6.45, 7) is 4.52. The van der Waals surface area contributed by atoms with Gasteiger partial charge in [0.15, 0.2) is 0 Å². The van der Waals surface area contributed by atoms with Crippen molar-refractivity contribution in [3.63, 3.8) is 0 Å². The Hall–Kier alpha value is -2.83. The molecule has 1 saturated heterocycles. The molecule has 158 valence electrons. The minimum atomic E-state index is -0.801. The summed E-state index contributed by atoms with van der Waals surface area (Å²) >= 11 is 6.16. The van der Waals surface area contributed by atoms with Crippen molar-refractivity contribution in [2.45, 2.75) is 19.9 Å². The number of hydrogen-bond donors (Lipinski definition) is 2. The second-order valence-electron chi connectivity index (χ2n) is 7.80. The summed E-state index contributed by atoms with van der Waals surface area (Å²) in [5, 5.41) is 21.9. The molecule has 3 rings (SSSR count). The van der Waals surface area contributed by atoms with Crippen LogP contribution in [-0.4, -0.2) is 58.9 Å². The van der Waals surface area contributed by atoms with E-state index in [-0.39, 0.29) is 16.9 Å². The fourth-order valence-corrected chi connectivity index (χ4v) is 3.78. The van der Waals surface area contributed by atoms with E-state index >= 15 is 0 Å². The largest absolute Gasteiger partial charge is 0.507 e. The van der Waals surface area contributed by atoms with Gasteiger partial charge in [-0.15, -0.1) is 0 Å². The Morgan fingerprint density at radius 3 is 2.43 bits per heavy atom. The Morgan fingerprint density at radius 2 is 1.80 bits per heavy atom. The SMILES string of the molecule is Cc1cc(O)c(C(O)=C2C(=O)C(=O)N(CCN(C)C)[C@@H]2c2cccc(Cl)c2)cc1C. The molecule has 1 aliphatic rings. The molecule has 1 atom stereocenters. The Balaban J connectivity index is 2.21. The Morgan fingerprint density at radius 1 is 1.13 bits per heavy atom. The molecule has 2 N–H and O–H groups in total. The highest BCUT2D eigenvalue weighted by Crippen LogP contribution is 2.41. The summed E-state index contributed by atoms with van der Waals surface area (Å²) < 4.78 is 0. The highest BCUT2D eigenvalue weighted by atomic mass is 35.5. The standard InChI is InChI=1S/C23H25ClN2O4/c1-13-10-17(18(27)11-14(13)2)21(28)19-20(15-6-5-7-16(24)12-15)26(9-8-25(3)4)23(30)22(19)29/h5-7,10-12,20,27-28H,8-9H2,1-4H3/t20-/m1/s1. The zero-order valence-corrected chi connectivity index (χ0v) is 18.2. The zero-order chi connectivity index (χ0) is 22.2. The molecule has 0 unspecified atom stereocenters. The second kappa shape index (κ2) is 8.50. The third-order valence-corrected chi connectivity index (χ3v) is 5.59. The molecule has 0 saturated carbocycles. The molecule has 0 bridgehead atoms. The summed E-state index contributed by atoms with van der Waals surface area (Å²) in [6, 6.07) is 9.21. The number of ketones is 1. The van der Waals surface area contributed by atoms with Crippen LogP contribution in [0.3, 0.4) is 0 Å². The number of aryl methyl sites for hydroxylation is 2. The van der Waals surface area contributed by atoms with Crippen LogP contribution in [0.2, 0.25) is 5.02 Å². The number of aliphatic hydroxyl groups is 1. The fraction of sp³-hybridized carbons (Fsp3) is 0.304. The van der Waals surface area contributed by atoms with E-state index in [1.165, 1.54) is 11.0 Å². The lowest BCUT2D eigenvalue weighted by Crippen LogP contribution is -2.35. The molecule has 0 spiro atoms. The normalized spacial score (nSPS) is 18.5. The van der Waals surface area contributed by atoms with E-state index < -0.39 is 23.5 Å². The molecule has 7 heteroatoms. The van der Waals surface area contributed by atoms with E-state index in [1.807, 2.05) is 32.8 Å². The molecule has 1 amide bonds. The Bertz CT molecular complexity index is 1050. The zero-order valence-electron chi connectivity index (χ0n) is 17.4. The van der Waals surface area contributed by atoms with Crippen LogP contribution in [0.4, 0.5) is 0 Å². The van der Waals surface area contributed by atoms with Crippen molar-refractivity contribution in [3.8, 4) is 5.75 Å². The molecule has 0 aromatic heterocycles. The predicted molar refractivity (Wildman–Crippen MR) is 117 cm³/mol. The molecule has 0 radical (unpaired) electrons. The van der Waals surface area contributed by atoms with Gasteiger partial charge < -0.3 is 20.0 Å². The van der Waals surface area contributed by atoms with Crippen LogP contribution >= 0.6 is 11.6 Å². The maximum absolute atomic E-state index is 13.0. The number of halogens is 1. The first-order valence-corrected chi connectivity index (χ1v) is 9.98. The van der Waals surface area contributed by atoms with Gasteiger partial charge in [0, 0.05) is 18.1 Å². The lowest BCUT2D eigenvalue weighted by molar-refractivity contribution is -0.140. The topological polar surface area (TPSA) is 81.1 Å². The van der Waals surface area contributed by atoms with Gasteiger partial charge in [0.2, 0.25) is 0 Å². The van der Waals surface area contributed by atoms with Gasteiger partial charge in [-0.2, -0.15) is 0 Å². The second-order valence-corrected chi connectivity index (χ2v) is 8.24. The summed E-state index contributed by atoms with van der Waals surface area (Å²) in [5.74, 6) is -2.02. The highest BCUT2D eigenvalue weighted by Gasteiger charge is 2.46. The van der Waals surface area contributed by atoms with E-state index in [4.69, 9.17) is 11.6 Å². The van der Waals surface area contributed by atoms with Gasteiger partial charge in [0.05, 0.1) is 17.2 Å². The van der Waals surface area contributed by atoms with Crippen molar-refractivity contribution in [1.82, 2.24) is 9.80 Å². The van der Waals surface area contributed by atoms with Gasteiger partial charge in [-0.1, -0.05) is 23.7 Å². The fourth-order valence-electron chi connectivity index (χ4n) is 3.58. The Kier molecular flexibility index (Phi) is 6.19. The quantitative estimate of drug-likeness (QED) is 0.431. The number of aliphatic hydroxyl groups excluding tert-OH is 1. The van der Waals surface area contributed by atoms with Crippen molar-refractivity contribution in [1.29, 1.82) is 0 Å². The molecule has 1 fully saturated rings. The molecular weight excluding hydrogens is 404 g/mol. The van der Waals surface area contributed by atoms with Crippen LogP contribution in [0.1, 0.15) is 28.3 Å². The number of phenols is 1. The summed E-state index contributed by atoms with van der Waals surface area (Å²) in [6.07, 6.45) is 0. The van der Waals surface area contributed by atoms with Gasteiger partial charge in [0.25, 0.3) is 11.7 Å². The van der Waals surface area contributed by atoms with E-state index in [1.54, 1.807) is 30.3 Å². The number of aromatic hydroxyl groups is 1. The summed E-state index contributed by atoms with van der Waals surface area (Å²) in [7, 11) is 3.75. The van der Waals surface area contributed by atoms with E-state index in [2.05, 4.69) is 0 Å². The van der Waals surface area contributed by atoms with Crippen LogP contribution < -0.4 is 0 Å². The molecule has 2 aromatic carbocycles. The van der Waals surface area contributed by atoms with Crippen LogP contribution in [0.5, 0.6) is 5.75 Å².